The summed E-state index contributed by atoms with van der Waals surface area (Å²) in [5, 5.41) is 15.8. The van der Waals surface area contributed by atoms with Crippen LogP contribution in [0, 0.1) is 5.82 Å². The van der Waals surface area contributed by atoms with Crippen LogP contribution in [-0.2, 0) is 22.6 Å². The maximum atomic E-state index is 15.4. The smallest absolute Gasteiger partial charge is 0.334 e. The molecular weight excluding hydrogens is 587 g/mol. The number of aromatic hydroxyl groups is 1. The van der Waals surface area contributed by atoms with E-state index in [-0.39, 0.29) is 57.1 Å². The molecule has 2 aliphatic rings. The molecule has 0 saturated carbocycles. The van der Waals surface area contributed by atoms with Gasteiger partial charge in [-0.3, -0.25) is 9.59 Å². The zero-order chi connectivity index (χ0) is 32.4. The van der Waals surface area contributed by atoms with Crippen molar-refractivity contribution in [1.82, 2.24) is 25.1 Å². The fourth-order valence-electron chi connectivity index (χ4n) is 6.06. The number of benzene rings is 3. The first-order valence-corrected chi connectivity index (χ1v) is 15.2. The molecule has 0 bridgehead atoms. The minimum atomic E-state index is -0.953. The molecule has 3 aromatic rings. The first-order chi connectivity index (χ1) is 21.5. The third-order valence-corrected chi connectivity index (χ3v) is 8.83. The van der Waals surface area contributed by atoms with Gasteiger partial charge in [0, 0.05) is 44.4 Å². The molecule has 11 heteroatoms. The highest BCUT2D eigenvalue weighted by molar-refractivity contribution is 5.92. The van der Waals surface area contributed by atoms with Gasteiger partial charge < -0.3 is 25.1 Å². The van der Waals surface area contributed by atoms with Gasteiger partial charge in [-0.1, -0.05) is 49.9 Å². The van der Waals surface area contributed by atoms with Crippen molar-refractivity contribution in [1.29, 1.82) is 0 Å². The lowest BCUT2D eigenvalue weighted by Crippen LogP contribution is -2.76. The Balaban J connectivity index is 0.00000480. The highest BCUT2D eigenvalue weighted by atomic mass is 19.1. The van der Waals surface area contributed by atoms with Crippen LogP contribution >= 0.6 is 0 Å². The molecule has 0 aliphatic carbocycles. The number of rotatable bonds is 8. The number of piperazine rings is 1. The van der Waals surface area contributed by atoms with Crippen molar-refractivity contribution in [3.63, 3.8) is 0 Å². The minimum absolute atomic E-state index is 0. The maximum Gasteiger partial charge on any atom is 0.334 e. The summed E-state index contributed by atoms with van der Waals surface area (Å²) in [6.07, 6.45) is -0.675. The van der Waals surface area contributed by atoms with Crippen LogP contribution < -0.4 is 10.2 Å². The second kappa shape index (κ2) is 14.2. The van der Waals surface area contributed by atoms with Gasteiger partial charge in [0.25, 0.3) is 0 Å². The molecule has 46 heavy (non-hydrogen) atoms. The number of halogens is 1. The number of hydrogen-bond donors (Lipinski definition) is 2. The van der Waals surface area contributed by atoms with E-state index >= 15 is 4.39 Å². The Kier molecular flexibility index (Phi) is 10.6. The molecule has 0 spiro atoms. The summed E-state index contributed by atoms with van der Waals surface area (Å²) >= 11 is 0. The summed E-state index contributed by atoms with van der Waals surface area (Å²) < 4.78 is 15.4. The second-order valence-corrected chi connectivity index (χ2v) is 12.0. The van der Waals surface area contributed by atoms with E-state index in [0.717, 1.165) is 16.8 Å². The third-order valence-electron chi connectivity index (χ3n) is 8.83. The molecule has 0 radical (unpaired) electrons. The SMILES string of the molecule is C.CC(C)N(C)c1ccc(F)c([C@H](C)N2C[C@H]3N(C(=O)CN(C)N3C(=O)NCc3ccccc3)[C@@H](Cc3ccc(O)cc3)C2=O)c1. The van der Waals surface area contributed by atoms with Crippen molar-refractivity contribution in [2.24, 2.45) is 0 Å². The van der Waals surface area contributed by atoms with Gasteiger partial charge >= 0.3 is 6.03 Å². The highest BCUT2D eigenvalue weighted by Crippen LogP contribution is 2.35. The molecule has 3 aromatic carbocycles. The summed E-state index contributed by atoms with van der Waals surface area (Å²) in [6, 6.07) is 19.0. The third kappa shape index (κ3) is 6.94. The summed E-state index contributed by atoms with van der Waals surface area (Å²) in [6.45, 7) is 6.03. The van der Waals surface area contributed by atoms with Crippen LogP contribution in [0.5, 0.6) is 5.75 Å². The number of fused-ring (bicyclic) bond motifs is 1. The number of nitrogens with zero attached hydrogens (tertiary/aromatic N) is 5. The summed E-state index contributed by atoms with van der Waals surface area (Å²) in [5.41, 5.74) is 2.81. The number of amides is 4. The number of anilines is 1. The van der Waals surface area contributed by atoms with Crippen molar-refractivity contribution in [3.05, 3.63) is 95.3 Å². The standard InChI is InChI=1S/C34H41FN6O4.CH4/c1-22(2)38(5)26-13-16-29(35)28(18-26)23(3)39-20-31-40(30(33(39)44)17-24-11-14-27(42)15-12-24)32(43)21-37(4)41(31)34(45)36-19-25-9-7-6-8-10-25;/h6-16,18,22-23,30-31,42H,17,19-21H2,1-5H3,(H,36,45);1H4/t23-,30-,31-;/m0./s1. The van der Waals surface area contributed by atoms with Gasteiger partial charge in [0.05, 0.1) is 19.1 Å². The Morgan fingerprint density at radius 2 is 1.70 bits per heavy atom. The number of hydrazine groups is 1. The highest BCUT2D eigenvalue weighted by Gasteiger charge is 2.51. The van der Waals surface area contributed by atoms with Crippen molar-refractivity contribution in [2.75, 3.05) is 32.1 Å². The number of carbonyl (C=O) groups excluding carboxylic acids is 3. The lowest BCUT2D eigenvalue weighted by Gasteiger charge is -2.55. The lowest BCUT2D eigenvalue weighted by atomic mass is 9.96. The first kappa shape index (κ1) is 34.2. The number of phenols is 1. The van der Waals surface area contributed by atoms with E-state index in [9.17, 15) is 19.5 Å². The number of hydrogen-bond acceptors (Lipinski definition) is 6. The van der Waals surface area contributed by atoms with Gasteiger partial charge in [0.2, 0.25) is 11.8 Å². The van der Waals surface area contributed by atoms with Gasteiger partial charge in [-0.25, -0.2) is 19.2 Å². The molecule has 0 unspecified atom stereocenters. The summed E-state index contributed by atoms with van der Waals surface area (Å²) in [5.74, 6) is -0.981. The molecule has 2 heterocycles. The van der Waals surface area contributed by atoms with E-state index < -0.39 is 30.1 Å². The molecule has 2 N–H and O–H groups in total. The first-order valence-electron chi connectivity index (χ1n) is 15.2. The molecule has 5 rings (SSSR count). The summed E-state index contributed by atoms with van der Waals surface area (Å²) in [7, 11) is 3.60. The molecule has 2 aliphatic heterocycles. The zero-order valence-electron chi connectivity index (χ0n) is 26.4. The van der Waals surface area contributed by atoms with Crippen molar-refractivity contribution < 1.29 is 23.9 Å². The number of urea groups is 1. The Labute approximate surface area is 271 Å². The monoisotopic (exact) mass is 632 g/mol. The van der Waals surface area contributed by atoms with Crippen LogP contribution in [0.4, 0.5) is 14.9 Å². The van der Waals surface area contributed by atoms with Gasteiger partial charge in [0.1, 0.15) is 23.8 Å². The molecule has 2 fully saturated rings. The Morgan fingerprint density at radius 1 is 1.02 bits per heavy atom. The van der Waals surface area contributed by atoms with E-state index in [1.165, 1.54) is 28.1 Å². The normalized spacial score (nSPS) is 19.1. The number of likely N-dealkylation sites (N-methyl/N-ethyl adjacent to an activating group) is 1. The number of carbonyl (C=O) groups is 3. The van der Waals surface area contributed by atoms with Crippen LogP contribution in [0.1, 0.15) is 50.9 Å². The average Bonchev–Trinajstić information content (AvgIpc) is 3.02. The minimum Gasteiger partial charge on any atom is -0.508 e. The molecule has 2 saturated heterocycles. The molecule has 0 aromatic heterocycles. The van der Waals surface area contributed by atoms with Gasteiger partial charge in [-0.2, -0.15) is 0 Å². The predicted octanol–water partition coefficient (Wildman–Crippen LogP) is 4.75. The van der Waals surface area contributed by atoms with Gasteiger partial charge in [0.15, 0.2) is 0 Å². The van der Waals surface area contributed by atoms with Crippen molar-refractivity contribution in [2.45, 2.75) is 65.5 Å². The Morgan fingerprint density at radius 3 is 2.35 bits per heavy atom. The quantitative estimate of drug-likeness (QED) is 0.372. The van der Waals surface area contributed by atoms with Gasteiger partial charge in [-0.05, 0) is 62.2 Å². The van der Waals surface area contributed by atoms with E-state index in [2.05, 4.69) is 5.32 Å². The zero-order valence-corrected chi connectivity index (χ0v) is 26.4. The van der Waals surface area contributed by atoms with E-state index in [1.807, 2.05) is 56.1 Å². The fraction of sp³-hybridized carbons (Fsp3) is 0.400. The van der Waals surface area contributed by atoms with Gasteiger partial charge in [-0.15, -0.1) is 0 Å². The molecule has 3 atom stereocenters. The van der Waals surface area contributed by atoms with Crippen LogP contribution in [0.25, 0.3) is 0 Å². The van der Waals surface area contributed by atoms with E-state index in [1.54, 1.807) is 48.1 Å². The van der Waals surface area contributed by atoms with Crippen molar-refractivity contribution in [3.8, 4) is 5.75 Å². The van der Waals surface area contributed by atoms with E-state index in [4.69, 9.17) is 0 Å². The fourth-order valence-corrected chi connectivity index (χ4v) is 6.06. The molecule has 4 amide bonds. The average molecular weight is 633 g/mol. The predicted molar refractivity (Wildman–Crippen MR) is 176 cm³/mol. The molecule has 246 valence electrons. The Hall–Kier alpha value is -4.64. The number of phenolic OH excluding ortho intramolecular Hbond substituents is 1. The molecule has 10 nitrogen and oxygen atoms in total. The van der Waals surface area contributed by atoms with Crippen LogP contribution in [0.2, 0.25) is 0 Å². The largest absolute Gasteiger partial charge is 0.508 e. The van der Waals surface area contributed by atoms with Crippen LogP contribution in [0.3, 0.4) is 0 Å². The van der Waals surface area contributed by atoms with Crippen LogP contribution in [-0.4, -0.2) is 88.2 Å². The van der Waals surface area contributed by atoms with Crippen molar-refractivity contribution >= 4 is 23.5 Å². The maximum absolute atomic E-state index is 15.4. The van der Waals surface area contributed by atoms with Crippen LogP contribution in [0.15, 0.2) is 72.8 Å². The number of nitrogens with one attached hydrogen (secondary N) is 1. The second-order valence-electron chi connectivity index (χ2n) is 12.0. The lowest BCUT2D eigenvalue weighted by molar-refractivity contribution is -0.189. The Bertz CT molecular complexity index is 1540. The topological polar surface area (TPSA) is 99.7 Å². The molecular formula is C35H45FN6O4. The summed E-state index contributed by atoms with van der Waals surface area (Å²) in [4.78, 5) is 46.8. The van der Waals surface area contributed by atoms with E-state index in [0.29, 0.717) is 5.56 Å².